The summed E-state index contributed by atoms with van der Waals surface area (Å²) in [5, 5.41) is 33.1. The Morgan fingerprint density at radius 2 is 1.57 bits per heavy atom. The molecule has 0 bridgehead atoms. The molecule has 0 spiro atoms. The molecule has 0 saturated carbocycles. The van der Waals surface area contributed by atoms with E-state index in [0.717, 1.165) is 24.3 Å². The number of hydrogen-bond acceptors (Lipinski definition) is 10. The number of nitrogens with zero attached hydrogens (tertiary/aromatic N) is 3. The average Bonchev–Trinajstić information content (AvgIpc) is 2.82. The van der Waals surface area contributed by atoms with Gasteiger partial charge in [0.2, 0.25) is 0 Å². The van der Waals surface area contributed by atoms with Crippen LogP contribution >= 0.6 is 11.6 Å². The number of hydrogen-bond donors (Lipinski definition) is 3. The van der Waals surface area contributed by atoms with Crippen molar-refractivity contribution in [2.45, 2.75) is 9.79 Å². The molecule has 0 aromatic heterocycles. The van der Waals surface area contributed by atoms with Crippen LogP contribution in [0.5, 0.6) is 5.75 Å². The van der Waals surface area contributed by atoms with E-state index in [4.69, 9.17) is 17.3 Å². The summed E-state index contributed by atoms with van der Waals surface area (Å²) in [5.74, 6) is -1.55. The van der Waals surface area contributed by atoms with Crippen LogP contribution in [0, 0.1) is 0 Å². The van der Waals surface area contributed by atoms with E-state index in [1.54, 1.807) is 12.1 Å². The summed E-state index contributed by atoms with van der Waals surface area (Å²) in [6, 6.07) is 13.5. The topological polar surface area (TPSA) is 218 Å². The minimum atomic E-state index is -4.81. The van der Waals surface area contributed by atoms with E-state index in [9.17, 15) is 36.2 Å². The zero-order valence-corrected chi connectivity index (χ0v) is 27.2. The van der Waals surface area contributed by atoms with Gasteiger partial charge in [-0.05, 0) is 65.4 Å². The second-order valence-electron chi connectivity index (χ2n) is 7.75. The van der Waals surface area contributed by atoms with Gasteiger partial charge in [0.25, 0.3) is 20.2 Å². The summed E-state index contributed by atoms with van der Waals surface area (Å²) in [6.07, 6.45) is 0. The summed E-state index contributed by atoms with van der Waals surface area (Å²) >= 11 is 5.89. The number of rotatable bonds is 6. The van der Waals surface area contributed by atoms with Crippen molar-refractivity contribution < 1.29 is 95.3 Å². The Balaban J connectivity index is 0.00000280. The molecule has 0 heterocycles. The second kappa shape index (κ2) is 13.3. The van der Waals surface area contributed by atoms with E-state index >= 15 is 0 Å². The minimum absolute atomic E-state index is 0. The van der Waals surface area contributed by atoms with Crippen molar-refractivity contribution in [2.75, 3.05) is 5.73 Å². The first-order valence-electron chi connectivity index (χ1n) is 10.3. The number of nitrogen functional groups attached to an aromatic ring is 1. The molecule has 4 aromatic rings. The van der Waals surface area contributed by atoms with E-state index in [-0.39, 0.29) is 92.5 Å². The van der Waals surface area contributed by atoms with Crippen molar-refractivity contribution in [1.82, 2.24) is 0 Å². The normalized spacial score (nSPS) is 12.2. The smallest absolute Gasteiger partial charge is 0.872 e. The molecular formula is C23H15ClN4Na2O8S2. The molecular weight excluding hydrogens is 606 g/mol. The summed E-state index contributed by atoms with van der Waals surface area (Å²) in [6.45, 7) is 0. The molecule has 0 atom stereocenters. The van der Waals surface area contributed by atoms with Gasteiger partial charge in [-0.2, -0.15) is 16.8 Å². The Bertz CT molecular complexity index is 1890. The maximum absolute atomic E-state index is 12.7. The molecule has 12 nitrogen and oxygen atoms in total. The maximum Gasteiger partial charge on any atom is 1.00 e. The number of fused-ring (bicyclic) bond motifs is 1. The predicted molar refractivity (Wildman–Crippen MR) is 136 cm³/mol. The standard InChI is InChI=1S/C23H17ClN4O8S2.2Na/c24-14-3-1-2-13(8-14)23(30)26-15-5-7-20(38(34,35)36)18(10-15)27-28-22-17(25)6-4-12-9-16(37(31,32)33)11-19(29)21(12)22;;/h1-11,29H,25H2,(H,26,30)(H,31,32,33)(H,34,35,36);;/q;2*+1/p-2. The van der Waals surface area contributed by atoms with Gasteiger partial charge in [0, 0.05) is 10.4 Å². The largest absolute Gasteiger partial charge is 1.00 e. The van der Waals surface area contributed by atoms with Gasteiger partial charge < -0.3 is 15.9 Å². The first kappa shape index (κ1) is 34.1. The number of azo groups is 1. The van der Waals surface area contributed by atoms with Crippen molar-refractivity contribution in [3.05, 3.63) is 77.3 Å². The maximum atomic E-state index is 12.7. The predicted octanol–water partition coefficient (Wildman–Crippen LogP) is -2.50. The van der Waals surface area contributed by atoms with Crippen LogP contribution in [-0.4, -0.2) is 31.8 Å². The van der Waals surface area contributed by atoms with Gasteiger partial charge >= 0.3 is 59.1 Å². The van der Waals surface area contributed by atoms with Crippen molar-refractivity contribution in [2.24, 2.45) is 15.2 Å². The van der Waals surface area contributed by atoms with Crippen LogP contribution in [0.3, 0.4) is 0 Å². The average molecular weight is 621 g/mol. The molecule has 17 heteroatoms. The number of halogens is 1. The SMILES string of the molecule is Nc1ccc2cc(S(=O)(=O)O)cc([O-])c2c1N=Nc1cc(N=C([O-])c2cccc(Cl)c2)ccc1S(=O)(=O)O.[Na+].[Na+]. The number of nitrogens with two attached hydrogens (primary N) is 1. The van der Waals surface area contributed by atoms with E-state index in [0.29, 0.717) is 11.1 Å². The minimum Gasteiger partial charge on any atom is -0.872 e. The number of aliphatic imine (C=N–C) groups is 1. The van der Waals surface area contributed by atoms with Crippen LogP contribution < -0.4 is 75.1 Å². The quantitative estimate of drug-likeness (QED) is 0.0517. The fourth-order valence-electron chi connectivity index (χ4n) is 3.43. The zero-order chi connectivity index (χ0) is 27.8. The molecule has 0 saturated heterocycles. The van der Waals surface area contributed by atoms with Crippen molar-refractivity contribution >= 4 is 71.3 Å². The molecule has 4 aromatic carbocycles. The third kappa shape index (κ3) is 7.80. The molecule has 4 N–H and O–H groups in total. The molecule has 0 aliphatic rings. The van der Waals surface area contributed by atoms with Crippen LogP contribution in [0.15, 0.2) is 91.7 Å². The van der Waals surface area contributed by atoms with Gasteiger partial charge in [-0.15, -0.1) is 10.2 Å². The molecule has 40 heavy (non-hydrogen) atoms. The number of benzene rings is 4. The molecule has 0 amide bonds. The third-order valence-corrected chi connectivity index (χ3v) is 7.10. The van der Waals surface area contributed by atoms with E-state index in [2.05, 4.69) is 15.2 Å². The summed E-state index contributed by atoms with van der Waals surface area (Å²) in [4.78, 5) is 2.57. The fourth-order valence-corrected chi connectivity index (χ4v) is 4.76. The van der Waals surface area contributed by atoms with Crippen LogP contribution in [0.1, 0.15) is 5.56 Å². The molecule has 0 fully saturated rings. The van der Waals surface area contributed by atoms with Crippen LogP contribution in [0.25, 0.3) is 10.8 Å². The summed E-state index contributed by atoms with van der Waals surface area (Å²) in [7, 11) is -9.49. The molecule has 4 rings (SSSR count). The van der Waals surface area contributed by atoms with Gasteiger partial charge in [0.15, 0.2) is 0 Å². The Morgan fingerprint density at radius 3 is 2.20 bits per heavy atom. The van der Waals surface area contributed by atoms with Crippen molar-refractivity contribution in [3.8, 4) is 5.75 Å². The van der Waals surface area contributed by atoms with E-state index in [1.807, 2.05) is 0 Å². The van der Waals surface area contributed by atoms with Crippen LogP contribution in [0.4, 0.5) is 22.7 Å². The first-order valence-corrected chi connectivity index (χ1v) is 13.6. The Morgan fingerprint density at radius 1 is 0.875 bits per heavy atom. The Labute approximate surface area is 277 Å². The van der Waals surface area contributed by atoms with Crippen LogP contribution in [-0.2, 0) is 20.2 Å². The zero-order valence-electron chi connectivity index (χ0n) is 20.8. The summed E-state index contributed by atoms with van der Waals surface area (Å²) < 4.78 is 65.7. The molecule has 0 aliphatic carbocycles. The fraction of sp³-hybridized carbons (Fsp3) is 0. The first-order chi connectivity index (χ1) is 17.7. The molecule has 0 unspecified atom stereocenters. The van der Waals surface area contributed by atoms with Crippen LogP contribution in [0.2, 0.25) is 5.02 Å². The Kier molecular flexibility index (Phi) is 11.3. The van der Waals surface area contributed by atoms with Gasteiger partial charge in [-0.3, -0.25) is 14.1 Å². The monoisotopic (exact) mass is 620 g/mol. The van der Waals surface area contributed by atoms with E-state index in [1.165, 1.54) is 24.3 Å². The van der Waals surface area contributed by atoms with Gasteiger partial charge in [0.1, 0.15) is 16.3 Å². The van der Waals surface area contributed by atoms with Gasteiger partial charge in [-0.25, -0.2) is 0 Å². The summed E-state index contributed by atoms with van der Waals surface area (Å²) in [5.41, 5.74) is 5.33. The van der Waals surface area contributed by atoms with Crippen molar-refractivity contribution in [1.29, 1.82) is 0 Å². The Hall–Kier alpha value is -2.08. The van der Waals surface area contributed by atoms with Gasteiger partial charge in [-0.1, -0.05) is 35.5 Å². The third-order valence-electron chi connectivity index (χ3n) is 5.14. The molecule has 196 valence electrons. The molecule has 0 aliphatic heterocycles. The van der Waals surface area contributed by atoms with Gasteiger partial charge in [0.05, 0.1) is 16.3 Å². The van der Waals surface area contributed by atoms with Crippen molar-refractivity contribution in [3.63, 3.8) is 0 Å². The number of anilines is 1. The second-order valence-corrected chi connectivity index (χ2v) is 11.0. The molecule has 0 radical (unpaired) electrons. The van der Waals surface area contributed by atoms with E-state index < -0.39 is 47.4 Å².